The monoisotopic (exact) mass is 358 g/mol. The summed E-state index contributed by atoms with van der Waals surface area (Å²) in [7, 11) is 0. The first kappa shape index (κ1) is 18.4. The van der Waals surface area contributed by atoms with Crippen LogP contribution in [0.3, 0.4) is 0 Å². The van der Waals surface area contributed by atoms with Gasteiger partial charge in [-0.3, -0.25) is 9.59 Å². The van der Waals surface area contributed by atoms with Gasteiger partial charge >= 0.3 is 0 Å². The quantitative estimate of drug-likeness (QED) is 0.649. The van der Waals surface area contributed by atoms with Crippen molar-refractivity contribution in [3.8, 4) is 0 Å². The number of carbonyl (C=O) groups is 2. The molecule has 0 atom stereocenters. The van der Waals surface area contributed by atoms with Crippen LogP contribution in [0.1, 0.15) is 46.0 Å². The molecule has 3 aromatic carbocycles. The highest BCUT2D eigenvalue weighted by atomic mass is 16.2. The largest absolute Gasteiger partial charge is 0.322 e. The maximum absolute atomic E-state index is 12.6. The first-order chi connectivity index (χ1) is 13.0. The van der Waals surface area contributed by atoms with Gasteiger partial charge in [-0.2, -0.15) is 0 Å². The van der Waals surface area contributed by atoms with Crippen LogP contribution in [0.5, 0.6) is 0 Å². The van der Waals surface area contributed by atoms with Gasteiger partial charge in [0.15, 0.2) is 0 Å². The van der Waals surface area contributed by atoms with Crippen molar-refractivity contribution in [3.05, 3.63) is 95.6 Å². The van der Waals surface area contributed by atoms with Crippen molar-refractivity contribution in [1.82, 2.24) is 0 Å². The molecule has 2 amide bonds. The third kappa shape index (κ3) is 4.61. The van der Waals surface area contributed by atoms with Crippen molar-refractivity contribution in [2.45, 2.75) is 19.8 Å². The van der Waals surface area contributed by atoms with E-state index in [1.54, 1.807) is 36.4 Å². The van der Waals surface area contributed by atoms with Gasteiger partial charge in [0.1, 0.15) is 0 Å². The number of nitrogens with one attached hydrogen (secondary N) is 2. The molecule has 0 aromatic heterocycles. The lowest BCUT2D eigenvalue weighted by Gasteiger charge is -2.12. The Kier molecular flexibility index (Phi) is 5.67. The Morgan fingerprint density at radius 1 is 0.704 bits per heavy atom. The average Bonchev–Trinajstić information content (AvgIpc) is 2.69. The molecule has 0 aliphatic carbocycles. The van der Waals surface area contributed by atoms with Crippen LogP contribution < -0.4 is 10.6 Å². The topological polar surface area (TPSA) is 58.2 Å². The molecule has 0 heterocycles. The highest BCUT2D eigenvalue weighted by Crippen LogP contribution is 2.19. The van der Waals surface area contributed by atoms with E-state index >= 15 is 0 Å². The van der Waals surface area contributed by atoms with Crippen LogP contribution in [0.25, 0.3) is 0 Å². The minimum absolute atomic E-state index is 0.245. The predicted octanol–water partition coefficient (Wildman–Crippen LogP) is 5.31. The molecule has 0 radical (unpaired) electrons. The van der Waals surface area contributed by atoms with Gasteiger partial charge < -0.3 is 10.6 Å². The molecule has 0 aliphatic heterocycles. The van der Waals surface area contributed by atoms with Gasteiger partial charge in [-0.1, -0.05) is 56.3 Å². The number of benzene rings is 3. The van der Waals surface area contributed by atoms with Crippen LogP contribution in [0.15, 0.2) is 78.9 Å². The molecule has 3 aromatic rings. The minimum atomic E-state index is -0.271. The summed E-state index contributed by atoms with van der Waals surface area (Å²) in [5, 5.41) is 5.68. The minimum Gasteiger partial charge on any atom is -0.322 e. The molecular formula is C23H22N2O2. The number of amides is 2. The number of hydrogen-bond acceptors (Lipinski definition) is 2. The maximum Gasteiger partial charge on any atom is 0.257 e. The fourth-order valence-electron chi connectivity index (χ4n) is 2.72. The first-order valence-corrected chi connectivity index (χ1v) is 8.91. The van der Waals surface area contributed by atoms with Crippen LogP contribution >= 0.6 is 0 Å². The van der Waals surface area contributed by atoms with E-state index in [1.807, 2.05) is 42.5 Å². The zero-order valence-corrected chi connectivity index (χ0v) is 15.4. The van der Waals surface area contributed by atoms with Crippen LogP contribution in [0.4, 0.5) is 11.4 Å². The van der Waals surface area contributed by atoms with Crippen molar-refractivity contribution >= 4 is 23.2 Å². The van der Waals surface area contributed by atoms with Crippen LogP contribution in [0, 0.1) is 0 Å². The zero-order valence-electron chi connectivity index (χ0n) is 15.4. The Balaban J connectivity index is 1.77. The van der Waals surface area contributed by atoms with E-state index in [-0.39, 0.29) is 11.8 Å². The first-order valence-electron chi connectivity index (χ1n) is 8.91. The van der Waals surface area contributed by atoms with Crippen molar-refractivity contribution in [3.63, 3.8) is 0 Å². The van der Waals surface area contributed by atoms with E-state index in [0.717, 1.165) is 0 Å². The molecule has 4 nitrogen and oxygen atoms in total. The van der Waals surface area contributed by atoms with Crippen LogP contribution in [-0.2, 0) is 0 Å². The predicted molar refractivity (Wildman–Crippen MR) is 109 cm³/mol. The summed E-state index contributed by atoms with van der Waals surface area (Å²) in [4.78, 5) is 25.2. The molecule has 0 aliphatic rings. The molecule has 0 unspecified atom stereocenters. The van der Waals surface area contributed by atoms with Crippen molar-refractivity contribution in [2.24, 2.45) is 0 Å². The lowest BCUT2D eigenvalue weighted by Crippen LogP contribution is -2.18. The van der Waals surface area contributed by atoms with E-state index in [9.17, 15) is 9.59 Å². The van der Waals surface area contributed by atoms with Gasteiger partial charge in [-0.25, -0.2) is 0 Å². The highest BCUT2D eigenvalue weighted by Gasteiger charge is 2.14. The molecule has 0 saturated carbocycles. The van der Waals surface area contributed by atoms with Crippen molar-refractivity contribution in [1.29, 1.82) is 0 Å². The average molecular weight is 358 g/mol. The van der Waals surface area contributed by atoms with Gasteiger partial charge in [-0.05, 0) is 47.9 Å². The van der Waals surface area contributed by atoms with E-state index < -0.39 is 0 Å². The molecule has 0 saturated heterocycles. The lowest BCUT2D eigenvalue weighted by molar-refractivity contribution is 0.102. The summed E-state index contributed by atoms with van der Waals surface area (Å²) >= 11 is 0. The number of carbonyl (C=O) groups excluding carboxylic acids is 2. The summed E-state index contributed by atoms with van der Waals surface area (Å²) in [6.07, 6.45) is 0. The van der Waals surface area contributed by atoms with Crippen molar-refractivity contribution < 1.29 is 9.59 Å². The molecule has 0 bridgehead atoms. The van der Waals surface area contributed by atoms with Gasteiger partial charge in [-0.15, -0.1) is 0 Å². The molecule has 4 heteroatoms. The molecule has 0 fully saturated rings. The highest BCUT2D eigenvalue weighted by molar-refractivity contribution is 6.12. The van der Waals surface area contributed by atoms with Gasteiger partial charge in [0.25, 0.3) is 11.8 Å². The Hall–Kier alpha value is -3.40. The second-order valence-corrected chi connectivity index (χ2v) is 6.60. The molecule has 3 rings (SSSR count). The number of hydrogen-bond donors (Lipinski definition) is 2. The Bertz CT molecular complexity index is 932. The van der Waals surface area contributed by atoms with Crippen LogP contribution in [-0.4, -0.2) is 11.8 Å². The second kappa shape index (κ2) is 8.32. The summed E-state index contributed by atoms with van der Waals surface area (Å²) in [5.74, 6) is -0.109. The Labute approximate surface area is 159 Å². The van der Waals surface area contributed by atoms with Gasteiger partial charge in [0, 0.05) is 11.3 Å². The third-order valence-electron chi connectivity index (χ3n) is 4.29. The van der Waals surface area contributed by atoms with E-state index in [0.29, 0.717) is 28.4 Å². The summed E-state index contributed by atoms with van der Waals surface area (Å²) in [5.41, 5.74) is 3.32. The van der Waals surface area contributed by atoms with Gasteiger partial charge in [0.05, 0.1) is 11.3 Å². The standard InChI is InChI=1S/C23H22N2O2/c1-16(2)17-12-14-18(15-13-17)22(26)25-21-11-7-6-10-20(21)23(27)24-19-8-4-3-5-9-19/h3-16H,1-2H3,(H,24,27)(H,25,26). The zero-order chi connectivity index (χ0) is 19.2. The smallest absolute Gasteiger partial charge is 0.257 e. The summed E-state index contributed by atoms with van der Waals surface area (Å²) in [6, 6.07) is 23.7. The lowest BCUT2D eigenvalue weighted by atomic mass is 10.0. The molecule has 27 heavy (non-hydrogen) atoms. The second-order valence-electron chi connectivity index (χ2n) is 6.60. The van der Waals surface area contributed by atoms with E-state index in [1.165, 1.54) is 5.56 Å². The third-order valence-corrected chi connectivity index (χ3v) is 4.29. The normalized spacial score (nSPS) is 10.5. The van der Waals surface area contributed by atoms with E-state index in [2.05, 4.69) is 24.5 Å². The summed E-state index contributed by atoms with van der Waals surface area (Å²) in [6.45, 7) is 4.22. The number of para-hydroxylation sites is 2. The molecular weight excluding hydrogens is 336 g/mol. The Morgan fingerprint density at radius 3 is 2.00 bits per heavy atom. The van der Waals surface area contributed by atoms with Crippen molar-refractivity contribution in [2.75, 3.05) is 10.6 Å². The SMILES string of the molecule is CC(C)c1ccc(C(=O)Nc2ccccc2C(=O)Nc2ccccc2)cc1. The van der Waals surface area contributed by atoms with E-state index in [4.69, 9.17) is 0 Å². The molecule has 136 valence electrons. The fourth-order valence-corrected chi connectivity index (χ4v) is 2.72. The number of rotatable bonds is 5. The summed E-state index contributed by atoms with van der Waals surface area (Å²) < 4.78 is 0. The Morgan fingerprint density at radius 2 is 1.33 bits per heavy atom. The van der Waals surface area contributed by atoms with Crippen LogP contribution in [0.2, 0.25) is 0 Å². The number of anilines is 2. The molecule has 0 spiro atoms. The molecule has 2 N–H and O–H groups in total. The maximum atomic E-state index is 12.6. The fraction of sp³-hybridized carbons (Fsp3) is 0.130. The van der Waals surface area contributed by atoms with Gasteiger partial charge in [0.2, 0.25) is 0 Å².